The second kappa shape index (κ2) is 9.74. The van der Waals surface area contributed by atoms with Gasteiger partial charge in [-0.1, -0.05) is 55.6 Å². The zero-order valence-electron chi connectivity index (χ0n) is 16.1. The molecule has 1 aliphatic rings. The monoisotopic (exact) mass is 399 g/mol. The Labute approximate surface area is 171 Å². The predicted octanol–water partition coefficient (Wildman–Crippen LogP) is 5.39. The van der Waals surface area contributed by atoms with E-state index >= 15 is 0 Å². The first-order chi connectivity index (χ1) is 13.6. The normalized spacial score (nSPS) is 19.1. The summed E-state index contributed by atoms with van der Waals surface area (Å²) in [7, 11) is 0. The predicted molar refractivity (Wildman–Crippen MR) is 111 cm³/mol. The third-order valence-corrected chi connectivity index (χ3v) is 5.54. The van der Waals surface area contributed by atoms with Gasteiger partial charge in [0.2, 0.25) is 5.91 Å². The summed E-state index contributed by atoms with van der Waals surface area (Å²) in [6, 6.07) is 15.1. The molecule has 0 bridgehead atoms. The molecule has 0 spiro atoms. The summed E-state index contributed by atoms with van der Waals surface area (Å²) in [5, 5.41) is 3.57. The van der Waals surface area contributed by atoms with Gasteiger partial charge in [0.25, 0.3) is 0 Å². The number of halogens is 1. The lowest BCUT2D eigenvalue weighted by Crippen LogP contribution is -2.37. The van der Waals surface area contributed by atoms with Crippen LogP contribution in [0.3, 0.4) is 0 Å². The number of ether oxygens (including phenoxy) is 1. The van der Waals surface area contributed by atoms with Gasteiger partial charge in [0.05, 0.1) is 11.8 Å². The second-order valence-corrected chi connectivity index (χ2v) is 7.71. The molecular formula is C23H26ClNO3. The Bertz CT molecular complexity index is 819. The number of carbonyl (C=O) groups excluding carboxylic acids is 2. The molecule has 1 amide bonds. The van der Waals surface area contributed by atoms with Crippen LogP contribution in [0.5, 0.6) is 0 Å². The van der Waals surface area contributed by atoms with Crippen LogP contribution in [-0.2, 0) is 27.4 Å². The molecule has 3 rings (SSSR count). The number of aryl methyl sites for hydroxylation is 1. The Morgan fingerprint density at radius 2 is 1.75 bits per heavy atom. The van der Waals surface area contributed by atoms with Crippen molar-refractivity contribution in [2.24, 2.45) is 11.8 Å². The van der Waals surface area contributed by atoms with Gasteiger partial charge in [0.15, 0.2) is 0 Å². The standard InChI is InChI=1S/C23H26ClNO3/c1-2-16-10-12-19(13-11-16)25-22(26)20-8-3-4-9-21(20)23(27)28-15-17-6-5-7-18(24)14-17/h5-7,10-14,20-21H,2-4,8-9,15H2,1H3,(H,25,26). The maximum atomic E-state index is 12.8. The number of benzene rings is 2. The van der Waals surface area contributed by atoms with Gasteiger partial charge < -0.3 is 10.1 Å². The van der Waals surface area contributed by atoms with Crippen molar-refractivity contribution in [1.29, 1.82) is 0 Å². The average Bonchev–Trinajstić information content (AvgIpc) is 2.72. The van der Waals surface area contributed by atoms with Crippen LogP contribution in [0.2, 0.25) is 5.02 Å². The fourth-order valence-corrected chi connectivity index (χ4v) is 3.89. The maximum absolute atomic E-state index is 12.8. The lowest BCUT2D eigenvalue weighted by molar-refractivity contribution is -0.155. The highest BCUT2D eigenvalue weighted by Gasteiger charge is 2.36. The summed E-state index contributed by atoms with van der Waals surface area (Å²) in [4.78, 5) is 25.5. The molecule has 148 valence electrons. The van der Waals surface area contributed by atoms with E-state index in [-0.39, 0.29) is 24.4 Å². The van der Waals surface area contributed by atoms with Gasteiger partial charge in [-0.25, -0.2) is 0 Å². The average molecular weight is 400 g/mol. The van der Waals surface area contributed by atoms with Crippen molar-refractivity contribution in [1.82, 2.24) is 0 Å². The number of anilines is 1. The number of hydrogen-bond donors (Lipinski definition) is 1. The van der Waals surface area contributed by atoms with Crippen LogP contribution in [0, 0.1) is 11.8 Å². The molecule has 0 aliphatic heterocycles. The first-order valence-electron chi connectivity index (χ1n) is 9.87. The second-order valence-electron chi connectivity index (χ2n) is 7.27. The topological polar surface area (TPSA) is 55.4 Å². The van der Waals surface area contributed by atoms with E-state index in [0.29, 0.717) is 17.9 Å². The Morgan fingerprint density at radius 1 is 1.04 bits per heavy atom. The number of amides is 1. The number of nitrogens with one attached hydrogen (secondary N) is 1. The molecule has 1 saturated carbocycles. The van der Waals surface area contributed by atoms with Gasteiger partial charge in [-0.2, -0.15) is 0 Å². The largest absolute Gasteiger partial charge is 0.461 e. The molecule has 0 heterocycles. The van der Waals surface area contributed by atoms with Crippen molar-refractivity contribution >= 4 is 29.2 Å². The molecule has 5 heteroatoms. The molecule has 2 atom stereocenters. The highest BCUT2D eigenvalue weighted by Crippen LogP contribution is 2.32. The van der Waals surface area contributed by atoms with Crippen LogP contribution < -0.4 is 5.32 Å². The zero-order chi connectivity index (χ0) is 19.9. The molecule has 2 unspecified atom stereocenters. The summed E-state index contributed by atoms with van der Waals surface area (Å²) < 4.78 is 5.51. The van der Waals surface area contributed by atoms with E-state index in [1.54, 1.807) is 12.1 Å². The van der Waals surface area contributed by atoms with Crippen molar-refractivity contribution < 1.29 is 14.3 Å². The fourth-order valence-electron chi connectivity index (χ4n) is 3.67. The van der Waals surface area contributed by atoms with E-state index in [1.807, 2.05) is 36.4 Å². The van der Waals surface area contributed by atoms with Crippen LogP contribution in [0.1, 0.15) is 43.7 Å². The molecular weight excluding hydrogens is 374 g/mol. The lowest BCUT2D eigenvalue weighted by atomic mass is 9.78. The zero-order valence-corrected chi connectivity index (χ0v) is 16.9. The lowest BCUT2D eigenvalue weighted by Gasteiger charge is -2.29. The van der Waals surface area contributed by atoms with Crippen molar-refractivity contribution in [2.45, 2.75) is 45.6 Å². The molecule has 0 saturated heterocycles. The van der Waals surface area contributed by atoms with Crippen LogP contribution >= 0.6 is 11.6 Å². The van der Waals surface area contributed by atoms with Crippen molar-refractivity contribution in [2.75, 3.05) is 5.32 Å². The SMILES string of the molecule is CCc1ccc(NC(=O)C2CCCCC2C(=O)OCc2cccc(Cl)c2)cc1. The van der Waals surface area contributed by atoms with E-state index in [9.17, 15) is 9.59 Å². The first-order valence-corrected chi connectivity index (χ1v) is 10.3. The van der Waals surface area contributed by atoms with E-state index < -0.39 is 5.92 Å². The Morgan fingerprint density at radius 3 is 2.43 bits per heavy atom. The molecule has 2 aromatic carbocycles. The summed E-state index contributed by atoms with van der Waals surface area (Å²) in [5.41, 5.74) is 2.82. The Balaban J connectivity index is 1.61. The third kappa shape index (κ3) is 5.35. The van der Waals surface area contributed by atoms with Crippen LogP contribution in [0.15, 0.2) is 48.5 Å². The Kier molecular flexibility index (Phi) is 7.10. The van der Waals surface area contributed by atoms with Crippen molar-refractivity contribution in [3.8, 4) is 0 Å². The van der Waals surface area contributed by atoms with E-state index in [2.05, 4.69) is 12.2 Å². The maximum Gasteiger partial charge on any atom is 0.310 e. The highest BCUT2D eigenvalue weighted by atomic mass is 35.5. The number of carbonyl (C=O) groups is 2. The van der Waals surface area contributed by atoms with Gasteiger partial charge in [-0.3, -0.25) is 9.59 Å². The summed E-state index contributed by atoms with van der Waals surface area (Å²) in [5.74, 6) is -1.16. The minimum atomic E-state index is -0.400. The third-order valence-electron chi connectivity index (χ3n) is 5.31. The molecule has 0 radical (unpaired) electrons. The van der Waals surface area contributed by atoms with Crippen LogP contribution in [0.4, 0.5) is 5.69 Å². The minimum absolute atomic E-state index is 0.103. The summed E-state index contributed by atoms with van der Waals surface area (Å²) in [6.45, 7) is 2.26. The molecule has 1 fully saturated rings. The number of rotatable bonds is 6. The summed E-state index contributed by atoms with van der Waals surface area (Å²) in [6.07, 6.45) is 4.23. The van der Waals surface area contributed by atoms with Gasteiger partial charge in [-0.05, 0) is 54.7 Å². The van der Waals surface area contributed by atoms with Crippen molar-refractivity contribution in [3.63, 3.8) is 0 Å². The van der Waals surface area contributed by atoms with E-state index in [0.717, 1.165) is 30.5 Å². The molecule has 0 aromatic heterocycles. The smallest absolute Gasteiger partial charge is 0.310 e. The summed E-state index contributed by atoms with van der Waals surface area (Å²) >= 11 is 5.98. The van der Waals surface area contributed by atoms with Crippen LogP contribution in [-0.4, -0.2) is 11.9 Å². The number of esters is 1. The molecule has 28 heavy (non-hydrogen) atoms. The molecule has 1 aliphatic carbocycles. The van der Waals surface area contributed by atoms with Gasteiger partial charge >= 0.3 is 5.97 Å². The fraction of sp³-hybridized carbons (Fsp3) is 0.391. The quantitative estimate of drug-likeness (QED) is 0.662. The van der Waals surface area contributed by atoms with Gasteiger partial charge in [-0.15, -0.1) is 0 Å². The molecule has 1 N–H and O–H groups in total. The molecule has 4 nitrogen and oxygen atoms in total. The van der Waals surface area contributed by atoms with Crippen LogP contribution in [0.25, 0.3) is 0 Å². The minimum Gasteiger partial charge on any atom is -0.461 e. The first kappa shape index (κ1) is 20.4. The van der Waals surface area contributed by atoms with E-state index in [4.69, 9.17) is 16.3 Å². The van der Waals surface area contributed by atoms with Gasteiger partial charge in [0.1, 0.15) is 6.61 Å². The van der Waals surface area contributed by atoms with Gasteiger partial charge in [0, 0.05) is 10.7 Å². The Hall–Kier alpha value is -2.33. The van der Waals surface area contributed by atoms with Crippen molar-refractivity contribution in [3.05, 3.63) is 64.7 Å². The molecule has 2 aromatic rings. The number of hydrogen-bond acceptors (Lipinski definition) is 3. The highest BCUT2D eigenvalue weighted by molar-refractivity contribution is 6.30. The van der Waals surface area contributed by atoms with E-state index in [1.165, 1.54) is 5.56 Å².